The van der Waals surface area contributed by atoms with Gasteiger partial charge in [-0.15, -0.1) is 0 Å². The van der Waals surface area contributed by atoms with Crippen molar-refractivity contribution >= 4 is 5.78 Å². The van der Waals surface area contributed by atoms with Gasteiger partial charge in [-0.3, -0.25) is 4.79 Å². The molecule has 0 bridgehead atoms. The van der Waals surface area contributed by atoms with Gasteiger partial charge < -0.3 is 0 Å². The lowest BCUT2D eigenvalue weighted by molar-refractivity contribution is -0.128. The Morgan fingerprint density at radius 1 is 0.931 bits per heavy atom. The van der Waals surface area contributed by atoms with Gasteiger partial charge in [0.15, 0.2) is 0 Å². The lowest BCUT2D eigenvalue weighted by Crippen LogP contribution is -2.37. The number of benzene rings is 1. The molecule has 4 rings (SSSR count). The molecular formula is C25H35N3O. The van der Waals surface area contributed by atoms with Gasteiger partial charge >= 0.3 is 0 Å². The second-order valence-electron chi connectivity index (χ2n) is 9.83. The van der Waals surface area contributed by atoms with Crippen molar-refractivity contribution in [3.63, 3.8) is 0 Å². The largest absolute Gasteiger partial charge is 0.299 e. The van der Waals surface area contributed by atoms with Gasteiger partial charge in [-0.2, -0.15) is 0 Å². The summed E-state index contributed by atoms with van der Waals surface area (Å²) in [6, 6.07) is 10.1. The van der Waals surface area contributed by atoms with Crippen LogP contribution in [0.15, 0.2) is 35.4 Å². The van der Waals surface area contributed by atoms with Gasteiger partial charge in [-0.25, -0.2) is 0 Å². The first-order valence-electron chi connectivity index (χ1n) is 11.9. The first kappa shape index (κ1) is 20.5. The zero-order valence-corrected chi connectivity index (χ0v) is 17.6. The minimum absolute atomic E-state index is 0.0504. The molecule has 4 nitrogen and oxygen atoms in total. The summed E-state index contributed by atoms with van der Waals surface area (Å²) in [5, 5.41) is 4.07. The van der Waals surface area contributed by atoms with E-state index in [-0.39, 0.29) is 17.4 Å². The van der Waals surface area contributed by atoms with Crippen LogP contribution in [0.4, 0.5) is 0 Å². The molecule has 3 aliphatic rings. The fourth-order valence-electron chi connectivity index (χ4n) is 6.69. The molecule has 0 amide bonds. The highest BCUT2D eigenvalue weighted by Crippen LogP contribution is 2.57. The average Bonchev–Trinajstić information content (AvgIpc) is 2.97. The SMILES string of the molecule is [N-]=[N+]=NC1CC(=O)C2(CCC(CC3CCCCCCC3)CC2)C1c1ccccc1. The van der Waals surface area contributed by atoms with Crippen molar-refractivity contribution in [3.05, 3.63) is 46.3 Å². The summed E-state index contributed by atoms with van der Waals surface area (Å²) in [7, 11) is 0. The van der Waals surface area contributed by atoms with Crippen molar-refractivity contribution in [3.8, 4) is 0 Å². The highest BCUT2D eigenvalue weighted by Gasteiger charge is 2.55. The molecule has 0 radical (unpaired) electrons. The number of carbonyl (C=O) groups excluding carboxylic acids is 1. The third kappa shape index (κ3) is 4.38. The summed E-state index contributed by atoms with van der Waals surface area (Å²) in [5.41, 5.74) is 9.95. The lowest BCUT2D eigenvalue weighted by atomic mass is 9.61. The summed E-state index contributed by atoms with van der Waals surface area (Å²) in [6.45, 7) is 0. The molecule has 0 aromatic heterocycles. The first-order chi connectivity index (χ1) is 14.2. The maximum absolute atomic E-state index is 13.2. The number of hydrogen-bond acceptors (Lipinski definition) is 2. The number of Topliss-reactive ketones (excluding diaryl/α,β-unsaturated/α-hetero) is 1. The fraction of sp³-hybridized carbons (Fsp3) is 0.720. The van der Waals surface area contributed by atoms with Crippen molar-refractivity contribution < 1.29 is 4.79 Å². The Labute approximate surface area is 175 Å². The van der Waals surface area contributed by atoms with Gasteiger partial charge in [0.1, 0.15) is 5.78 Å². The molecule has 0 aliphatic heterocycles. The highest BCUT2D eigenvalue weighted by molar-refractivity contribution is 5.89. The van der Waals surface area contributed by atoms with Crippen molar-refractivity contribution in [2.24, 2.45) is 22.4 Å². The van der Waals surface area contributed by atoms with Crippen LogP contribution in [0.2, 0.25) is 0 Å². The fourth-order valence-corrected chi connectivity index (χ4v) is 6.69. The van der Waals surface area contributed by atoms with E-state index in [1.807, 2.05) is 18.2 Å². The van der Waals surface area contributed by atoms with Crippen molar-refractivity contribution in [2.45, 2.75) is 95.4 Å². The van der Waals surface area contributed by atoms with Crippen LogP contribution in [0.1, 0.15) is 95.0 Å². The van der Waals surface area contributed by atoms with E-state index < -0.39 is 0 Å². The summed E-state index contributed by atoms with van der Waals surface area (Å²) >= 11 is 0. The van der Waals surface area contributed by atoms with Crippen molar-refractivity contribution in [2.75, 3.05) is 0 Å². The molecule has 1 spiro atoms. The van der Waals surface area contributed by atoms with Gasteiger partial charge in [0, 0.05) is 22.7 Å². The maximum atomic E-state index is 13.2. The van der Waals surface area contributed by atoms with E-state index in [1.165, 1.54) is 56.9 Å². The predicted molar refractivity (Wildman–Crippen MR) is 117 cm³/mol. The minimum Gasteiger partial charge on any atom is -0.299 e. The summed E-state index contributed by atoms with van der Waals surface area (Å²) < 4.78 is 0. The van der Waals surface area contributed by atoms with Gasteiger partial charge in [0.05, 0.1) is 6.04 Å². The molecule has 2 unspecified atom stereocenters. The smallest absolute Gasteiger partial charge is 0.140 e. The number of azide groups is 1. The number of nitrogens with zero attached hydrogens (tertiary/aromatic N) is 3. The average molecular weight is 394 g/mol. The Hall–Kier alpha value is -1.80. The number of rotatable bonds is 4. The molecule has 156 valence electrons. The van der Waals surface area contributed by atoms with Crippen LogP contribution in [0, 0.1) is 17.3 Å². The van der Waals surface area contributed by atoms with E-state index in [9.17, 15) is 4.79 Å². The van der Waals surface area contributed by atoms with Crippen LogP contribution in [-0.2, 0) is 4.79 Å². The molecule has 2 atom stereocenters. The number of ketones is 1. The Bertz CT molecular complexity index is 724. The topological polar surface area (TPSA) is 65.8 Å². The summed E-state index contributed by atoms with van der Waals surface area (Å²) in [5.74, 6) is 2.06. The van der Waals surface area contributed by atoms with Crippen LogP contribution < -0.4 is 0 Å². The third-order valence-corrected chi connectivity index (χ3v) is 8.18. The van der Waals surface area contributed by atoms with Gasteiger partial charge in [0.25, 0.3) is 0 Å². The summed E-state index contributed by atoms with van der Waals surface area (Å²) in [6.07, 6.45) is 15.9. The Morgan fingerprint density at radius 3 is 2.21 bits per heavy atom. The molecule has 3 saturated carbocycles. The minimum atomic E-state index is -0.308. The lowest BCUT2D eigenvalue weighted by Gasteiger charge is -2.42. The molecule has 0 N–H and O–H groups in total. The highest BCUT2D eigenvalue weighted by atomic mass is 16.1. The molecule has 29 heavy (non-hydrogen) atoms. The maximum Gasteiger partial charge on any atom is 0.140 e. The molecule has 3 aliphatic carbocycles. The molecule has 0 heterocycles. The molecule has 4 heteroatoms. The van der Waals surface area contributed by atoms with Crippen LogP contribution >= 0.6 is 0 Å². The zero-order valence-electron chi connectivity index (χ0n) is 17.6. The second-order valence-corrected chi connectivity index (χ2v) is 9.83. The Morgan fingerprint density at radius 2 is 1.55 bits per heavy atom. The van der Waals surface area contributed by atoms with E-state index in [0.29, 0.717) is 12.2 Å². The third-order valence-electron chi connectivity index (χ3n) is 8.18. The van der Waals surface area contributed by atoms with E-state index in [0.717, 1.165) is 37.5 Å². The zero-order chi connectivity index (χ0) is 20.1. The van der Waals surface area contributed by atoms with Crippen LogP contribution in [-0.4, -0.2) is 11.8 Å². The second kappa shape index (κ2) is 9.34. The number of carbonyl (C=O) groups is 1. The van der Waals surface area contributed by atoms with Crippen LogP contribution in [0.3, 0.4) is 0 Å². The van der Waals surface area contributed by atoms with E-state index in [4.69, 9.17) is 5.53 Å². The van der Waals surface area contributed by atoms with E-state index in [1.54, 1.807) is 0 Å². The normalized spacial score (nSPS) is 33.8. The first-order valence-corrected chi connectivity index (χ1v) is 11.9. The van der Waals surface area contributed by atoms with Gasteiger partial charge in [0.2, 0.25) is 0 Å². The molecular weight excluding hydrogens is 358 g/mol. The molecule has 1 aromatic rings. The van der Waals surface area contributed by atoms with Gasteiger partial charge in [-0.05, 0) is 55.0 Å². The van der Waals surface area contributed by atoms with Crippen molar-refractivity contribution in [1.82, 2.24) is 0 Å². The predicted octanol–water partition coefficient (Wildman–Crippen LogP) is 7.35. The standard InChI is InChI=1S/C25H35N3O/c26-28-27-22-18-23(29)25(24(22)21-11-7-4-8-12-21)15-13-20(14-16-25)17-19-9-5-2-1-3-6-10-19/h4,7-8,11-12,19-20,22,24H,1-3,5-6,9-10,13-18H2. The van der Waals surface area contributed by atoms with Crippen LogP contribution in [0.25, 0.3) is 10.4 Å². The Balaban J connectivity index is 1.47. The van der Waals surface area contributed by atoms with Crippen LogP contribution in [0.5, 0.6) is 0 Å². The summed E-state index contributed by atoms with van der Waals surface area (Å²) in [4.78, 5) is 16.3. The molecule has 3 fully saturated rings. The van der Waals surface area contributed by atoms with E-state index >= 15 is 0 Å². The van der Waals surface area contributed by atoms with Crippen molar-refractivity contribution in [1.29, 1.82) is 0 Å². The van der Waals surface area contributed by atoms with Gasteiger partial charge in [-0.1, -0.05) is 80.4 Å². The Kier molecular flexibility index (Phi) is 6.60. The van der Waals surface area contributed by atoms with E-state index in [2.05, 4.69) is 22.2 Å². The quantitative estimate of drug-likeness (QED) is 0.299. The molecule has 1 aromatic carbocycles. The number of hydrogen-bond donors (Lipinski definition) is 0. The monoisotopic (exact) mass is 393 g/mol. The molecule has 0 saturated heterocycles.